The van der Waals surface area contributed by atoms with Crippen LogP contribution in [-0.4, -0.2) is 5.11 Å². The summed E-state index contributed by atoms with van der Waals surface area (Å²) in [6.45, 7) is 5.62. The lowest BCUT2D eigenvalue weighted by molar-refractivity contribution is 0.512. The minimum absolute atomic E-state index is 0.147. The van der Waals surface area contributed by atoms with Crippen molar-refractivity contribution in [1.29, 1.82) is 0 Å². The maximum atomic E-state index is 9.39. The van der Waals surface area contributed by atoms with Crippen molar-refractivity contribution in [2.24, 2.45) is 0 Å². The molecule has 3 heteroatoms. The second kappa shape index (κ2) is 4.46. The summed E-state index contributed by atoms with van der Waals surface area (Å²) in [5.41, 5.74) is 1.98. The van der Waals surface area contributed by atoms with Crippen molar-refractivity contribution in [3.8, 4) is 0 Å². The summed E-state index contributed by atoms with van der Waals surface area (Å²) in [6.07, 6.45) is 0.893. The van der Waals surface area contributed by atoms with Gasteiger partial charge in [0.2, 0.25) is 0 Å². The zero-order valence-electron chi connectivity index (χ0n) is 7.27. The smallest absolute Gasteiger partial charge is 0.116 e. The highest BCUT2D eigenvalue weighted by atomic mass is 127. The molecule has 0 fully saturated rings. The third-order valence-corrected chi connectivity index (χ3v) is 3.11. The summed E-state index contributed by atoms with van der Waals surface area (Å²) in [7, 11) is 0. The molecule has 70 valence electrons. The summed E-state index contributed by atoms with van der Waals surface area (Å²) >= 11 is 5.62. The van der Waals surface area contributed by atoms with E-state index in [2.05, 4.69) is 52.0 Å². The van der Waals surface area contributed by atoms with Gasteiger partial charge in [-0.15, -0.1) is 0 Å². The van der Waals surface area contributed by atoms with Crippen LogP contribution in [0.4, 0.5) is 0 Å². The highest BCUT2D eigenvalue weighted by Crippen LogP contribution is 2.27. The van der Waals surface area contributed by atoms with Crippen molar-refractivity contribution in [2.45, 2.75) is 13.3 Å². The second-order valence-electron chi connectivity index (χ2n) is 2.72. The number of hydrogen-bond donors (Lipinski definition) is 1. The number of aliphatic hydroxyl groups excluding tert-OH is 1. The number of hydrogen-bond acceptors (Lipinski definition) is 1. The molecule has 0 radical (unpaired) electrons. The molecule has 0 bridgehead atoms. The van der Waals surface area contributed by atoms with Crippen molar-refractivity contribution in [1.82, 2.24) is 0 Å². The fourth-order valence-corrected chi connectivity index (χ4v) is 3.16. The molecule has 1 rings (SSSR count). The lowest BCUT2D eigenvalue weighted by Crippen LogP contribution is -1.95. The molecular weight excluding hydrogens is 343 g/mol. The van der Waals surface area contributed by atoms with Gasteiger partial charge in [0.15, 0.2) is 0 Å². The van der Waals surface area contributed by atoms with E-state index in [0.717, 1.165) is 25.6 Å². The highest BCUT2D eigenvalue weighted by molar-refractivity contribution is 14.1. The Kier molecular flexibility index (Phi) is 3.79. The Morgan fingerprint density at radius 2 is 2.23 bits per heavy atom. The summed E-state index contributed by atoms with van der Waals surface area (Å²) in [4.78, 5) is 0. The minimum atomic E-state index is 0.147. The van der Waals surface area contributed by atoms with Gasteiger partial charge in [-0.05, 0) is 46.7 Å². The molecule has 0 saturated heterocycles. The number of benzene rings is 1. The van der Waals surface area contributed by atoms with Gasteiger partial charge in [-0.25, -0.2) is 0 Å². The molecule has 0 atom stereocenters. The molecule has 1 nitrogen and oxygen atoms in total. The number of rotatable bonds is 2. The molecular formula is C10H10BrIO. The van der Waals surface area contributed by atoms with Gasteiger partial charge in [0.1, 0.15) is 5.76 Å². The van der Waals surface area contributed by atoms with Gasteiger partial charge in [0.05, 0.1) is 0 Å². The Bertz CT molecular complexity index is 347. The highest BCUT2D eigenvalue weighted by Gasteiger charge is 2.09. The van der Waals surface area contributed by atoms with Gasteiger partial charge in [-0.2, -0.15) is 0 Å². The molecule has 0 aliphatic heterocycles. The summed E-state index contributed by atoms with van der Waals surface area (Å²) in [5, 5.41) is 9.39. The van der Waals surface area contributed by atoms with E-state index in [-0.39, 0.29) is 5.76 Å². The molecule has 13 heavy (non-hydrogen) atoms. The fraction of sp³-hybridized carbons (Fsp3) is 0.200. The molecule has 0 amide bonds. The Hall–Kier alpha value is -0.0300. The van der Waals surface area contributed by atoms with Crippen LogP contribution in [0, 0.1) is 3.57 Å². The van der Waals surface area contributed by atoms with Crippen molar-refractivity contribution < 1.29 is 5.11 Å². The predicted molar refractivity (Wildman–Crippen MR) is 67.9 cm³/mol. The van der Waals surface area contributed by atoms with Crippen LogP contribution in [0.2, 0.25) is 0 Å². The largest absolute Gasteiger partial charge is 0.508 e. The zero-order chi connectivity index (χ0) is 10.0. The zero-order valence-corrected chi connectivity index (χ0v) is 11.0. The first kappa shape index (κ1) is 11.0. The van der Waals surface area contributed by atoms with Crippen molar-refractivity contribution in [2.75, 3.05) is 0 Å². The standard InChI is InChI=1S/C10H10BrIO/c1-3-7-4-8(11)5-9(12)10(7)6(2)13/h4-5,13H,2-3H2,1H3. The third-order valence-electron chi connectivity index (χ3n) is 1.81. The van der Waals surface area contributed by atoms with Crippen molar-refractivity contribution >= 4 is 44.3 Å². The van der Waals surface area contributed by atoms with E-state index in [4.69, 9.17) is 0 Å². The molecule has 1 N–H and O–H groups in total. The van der Waals surface area contributed by atoms with Crippen LogP contribution in [0.3, 0.4) is 0 Å². The summed E-state index contributed by atoms with van der Waals surface area (Å²) in [5.74, 6) is 0.147. The molecule has 0 unspecified atom stereocenters. The van der Waals surface area contributed by atoms with E-state index in [9.17, 15) is 5.11 Å². The Balaban J connectivity index is 3.38. The monoisotopic (exact) mass is 352 g/mol. The maximum absolute atomic E-state index is 9.39. The average Bonchev–Trinajstić information content (AvgIpc) is 2.01. The van der Waals surface area contributed by atoms with Crippen LogP contribution < -0.4 is 0 Å². The summed E-state index contributed by atoms with van der Waals surface area (Å²) < 4.78 is 2.06. The lowest BCUT2D eigenvalue weighted by atomic mass is 10.0. The quantitative estimate of drug-likeness (QED) is 0.626. The van der Waals surface area contributed by atoms with E-state index >= 15 is 0 Å². The first-order valence-electron chi connectivity index (χ1n) is 3.92. The molecule has 0 saturated carbocycles. The molecule has 0 spiro atoms. The first-order chi connectivity index (χ1) is 6.06. The van der Waals surface area contributed by atoms with Gasteiger partial charge < -0.3 is 5.11 Å². The average molecular weight is 353 g/mol. The van der Waals surface area contributed by atoms with Gasteiger partial charge in [0, 0.05) is 13.6 Å². The van der Waals surface area contributed by atoms with E-state index in [1.54, 1.807) is 0 Å². The van der Waals surface area contributed by atoms with Gasteiger partial charge in [-0.1, -0.05) is 29.4 Å². The van der Waals surface area contributed by atoms with E-state index < -0.39 is 0 Å². The van der Waals surface area contributed by atoms with Crippen LogP contribution in [0.1, 0.15) is 18.1 Å². The third kappa shape index (κ3) is 2.47. The molecule has 1 aromatic rings. The molecule has 0 aliphatic rings. The normalized spacial score (nSPS) is 10.1. The van der Waals surface area contributed by atoms with Crippen molar-refractivity contribution in [3.63, 3.8) is 0 Å². The topological polar surface area (TPSA) is 20.2 Å². The van der Waals surface area contributed by atoms with E-state index in [0.29, 0.717) is 0 Å². The molecule has 1 aromatic carbocycles. The van der Waals surface area contributed by atoms with Gasteiger partial charge >= 0.3 is 0 Å². The van der Waals surface area contributed by atoms with E-state index in [1.807, 2.05) is 12.1 Å². The molecule has 0 aromatic heterocycles. The maximum Gasteiger partial charge on any atom is 0.116 e. The van der Waals surface area contributed by atoms with Crippen molar-refractivity contribution in [3.05, 3.63) is 37.9 Å². The van der Waals surface area contributed by atoms with Crippen LogP contribution >= 0.6 is 38.5 Å². The predicted octanol–water partition coefficient (Wildman–Crippen LogP) is 4.14. The van der Waals surface area contributed by atoms with Gasteiger partial charge in [0.25, 0.3) is 0 Å². The number of aryl methyl sites for hydroxylation is 1. The van der Waals surface area contributed by atoms with Gasteiger partial charge in [-0.3, -0.25) is 0 Å². The van der Waals surface area contributed by atoms with Crippen LogP contribution in [0.25, 0.3) is 5.76 Å². The lowest BCUT2D eigenvalue weighted by Gasteiger charge is -2.09. The van der Waals surface area contributed by atoms with Crippen LogP contribution in [0.15, 0.2) is 23.2 Å². The fourth-order valence-electron chi connectivity index (χ4n) is 1.23. The van der Waals surface area contributed by atoms with E-state index in [1.165, 1.54) is 0 Å². The summed E-state index contributed by atoms with van der Waals surface area (Å²) in [6, 6.07) is 3.98. The van der Waals surface area contributed by atoms with Crippen LogP contribution in [0.5, 0.6) is 0 Å². The first-order valence-corrected chi connectivity index (χ1v) is 5.79. The Morgan fingerprint density at radius 3 is 2.69 bits per heavy atom. The second-order valence-corrected chi connectivity index (χ2v) is 4.80. The minimum Gasteiger partial charge on any atom is -0.508 e. The SMILES string of the molecule is C=C(O)c1c(I)cc(Br)cc1CC. The Morgan fingerprint density at radius 1 is 1.62 bits per heavy atom. The van der Waals surface area contributed by atoms with Crippen LogP contribution in [-0.2, 0) is 6.42 Å². The number of halogens is 2. The number of aliphatic hydroxyl groups is 1. The molecule has 0 heterocycles. The Labute approximate surface area is 100 Å². The molecule has 0 aliphatic carbocycles.